The predicted octanol–water partition coefficient (Wildman–Crippen LogP) is 4.80. The highest BCUT2D eigenvalue weighted by molar-refractivity contribution is 6.15. The largest absolute Gasteiger partial charge is 0.496 e. The molecule has 0 bridgehead atoms. The molecule has 40 heavy (non-hydrogen) atoms. The molecule has 2 aliphatic heterocycles. The number of fused-ring (bicyclic) bond motifs is 3. The van der Waals surface area contributed by atoms with E-state index in [0.717, 1.165) is 0 Å². The highest BCUT2D eigenvalue weighted by atomic mass is 16.5. The van der Waals surface area contributed by atoms with Crippen molar-refractivity contribution in [2.75, 3.05) is 42.7 Å². The van der Waals surface area contributed by atoms with Crippen molar-refractivity contribution in [1.82, 2.24) is 0 Å². The van der Waals surface area contributed by atoms with Crippen molar-refractivity contribution in [2.24, 2.45) is 0 Å². The van der Waals surface area contributed by atoms with Gasteiger partial charge in [0.2, 0.25) is 11.5 Å². The summed E-state index contributed by atoms with van der Waals surface area (Å²) in [6.07, 6.45) is 1.60. The molecule has 0 saturated heterocycles. The second kappa shape index (κ2) is 10.7. The van der Waals surface area contributed by atoms with Crippen LogP contribution >= 0.6 is 0 Å². The van der Waals surface area contributed by atoms with E-state index in [9.17, 15) is 9.59 Å². The van der Waals surface area contributed by atoms with Crippen LogP contribution in [0.2, 0.25) is 0 Å². The van der Waals surface area contributed by atoms with Crippen LogP contribution in [0.5, 0.6) is 46.0 Å². The van der Waals surface area contributed by atoms with Crippen LogP contribution in [0.25, 0.3) is 6.08 Å². The normalized spacial score (nSPS) is 16.4. The number of hydrogen-bond acceptors (Lipinski definition) is 10. The Kier molecular flexibility index (Phi) is 7.17. The van der Waals surface area contributed by atoms with Crippen LogP contribution in [-0.2, 0) is 4.79 Å². The summed E-state index contributed by atoms with van der Waals surface area (Å²) in [4.78, 5) is 26.1. The molecule has 10 nitrogen and oxygen atoms in total. The molecule has 3 aromatic rings. The Morgan fingerprint density at radius 3 is 1.95 bits per heavy atom. The molecule has 0 radical (unpaired) electrons. The Labute approximate surface area is 230 Å². The molecule has 3 aromatic carbocycles. The minimum atomic E-state index is -0.511. The van der Waals surface area contributed by atoms with Crippen LogP contribution in [0.1, 0.15) is 39.4 Å². The van der Waals surface area contributed by atoms with E-state index in [1.165, 1.54) is 42.7 Å². The Hall–Kier alpha value is -4.86. The third kappa shape index (κ3) is 4.41. The first kappa shape index (κ1) is 26.7. The van der Waals surface area contributed by atoms with E-state index in [-0.39, 0.29) is 18.0 Å². The molecule has 2 aliphatic rings. The summed E-state index contributed by atoms with van der Waals surface area (Å²) in [5.41, 5.74) is 2.18. The van der Waals surface area contributed by atoms with E-state index in [4.69, 9.17) is 37.9 Å². The molecule has 0 aliphatic carbocycles. The number of ketones is 1. The number of Topliss-reactive ketones (excluding diaryl/α,β-unsaturated/α-hetero) is 1. The van der Waals surface area contributed by atoms with E-state index >= 15 is 0 Å². The van der Waals surface area contributed by atoms with Crippen molar-refractivity contribution in [3.63, 3.8) is 0 Å². The summed E-state index contributed by atoms with van der Waals surface area (Å²) in [5, 5.41) is 0. The van der Waals surface area contributed by atoms with Gasteiger partial charge >= 0.3 is 5.97 Å². The first-order valence-corrected chi connectivity index (χ1v) is 12.3. The van der Waals surface area contributed by atoms with Gasteiger partial charge in [-0.25, -0.2) is 0 Å². The molecule has 0 amide bonds. The maximum Gasteiger partial charge on any atom is 0.312 e. The van der Waals surface area contributed by atoms with Crippen LogP contribution in [0.15, 0.2) is 42.2 Å². The summed E-state index contributed by atoms with van der Waals surface area (Å²) in [6.45, 7) is 0. The van der Waals surface area contributed by atoms with Crippen molar-refractivity contribution in [3.05, 3.63) is 64.4 Å². The van der Waals surface area contributed by atoms with Crippen molar-refractivity contribution in [3.8, 4) is 46.0 Å². The smallest absolute Gasteiger partial charge is 0.312 e. The van der Waals surface area contributed by atoms with Gasteiger partial charge in [-0.1, -0.05) is 0 Å². The van der Waals surface area contributed by atoms with Gasteiger partial charge in [0.15, 0.2) is 28.8 Å². The summed E-state index contributed by atoms with van der Waals surface area (Å²) >= 11 is 0. The molecule has 0 N–H and O–H groups in total. The van der Waals surface area contributed by atoms with E-state index in [0.29, 0.717) is 68.2 Å². The minimum absolute atomic E-state index is 0.0161. The molecule has 0 saturated carbocycles. The Bertz CT molecular complexity index is 1510. The fraction of sp³-hybridized carbons (Fsp3) is 0.267. The molecular weight excluding hydrogens is 520 g/mol. The predicted molar refractivity (Wildman–Crippen MR) is 144 cm³/mol. The van der Waals surface area contributed by atoms with Gasteiger partial charge in [0, 0.05) is 23.1 Å². The molecule has 208 valence electrons. The molecule has 1 atom stereocenters. The third-order valence-electron chi connectivity index (χ3n) is 6.89. The quantitative estimate of drug-likeness (QED) is 0.221. The zero-order chi connectivity index (χ0) is 28.6. The highest BCUT2D eigenvalue weighted by Crippen LogP contribution is 2.51. The molecule has 5 rings (SSSR count). The number of methoxy groups -OCH3 is 6. The van der Waals surface area contributed by atoms with Crippen LogP contribution in [0.4, 0.5) is 0 Å². The lowest BCUT2D eigenvalue weighted by atomic mass is 9.84. The van der Waals surface area contributed by atoms with Crippen LogP contribution < -0.4 is 37.9 Å². The van der Waals surface area contributed by atoms with E-state index in [1.54, 1.807) is 42.5 Å². The van der Waals surface area contributed by atoms with Crippen LogP contribution in [-0.4, -0.2) is 54.4 Å². The van der Waals surface area contributed by atoms with Gasteiger partial charge in [-0.15, -0.1) is 0 Å². The molecule has 0 unspecified atom stereocenters. The van der Waals surface area contributed by atoms with Gasteiger partial charge in [0.25, 0.3) is 0 Å². The Balaban J connectivity index is 1.63. The number of esters is 1. The number of allylic oxidation sites excluding steroid dienone is 1. The van der Waals surface area contributed by atoms with Gasteiger partial charge in [-0.2, -0.15) is 0 Å². The highest BCUT2D eigenvalue weighted by Gasteiger charge is 2.39. The maximum absolute atomic E-state index is 13.5. The number of ether oxygens (including phenoxy) is 8. The standard InChI is InChI=1S/C30H28O10/c1-33-20-14-22(35-3)21(34-2)11-16(20)12-23-28(32)17-7-8-19-27(29(17)40-23)18(13-26(31)39-19)15-9-24(36-4)30(38-6)25(10-15)37-5/h7-12,14,18H,13H2,1-6H3/b23-12-/t18-/m0/s1. The minimum Gasteiger partial charge on any atom is -0.496 e. The summed E-state index contributed by atoms with van der Waals surface area (Å²) in [6, 6.07) is 10.1. The van der Waals surface area contributed by atoms with Gasteiger partial charge in [0.1, 0.15) is 17.2 Å². The average Bonchev–Trinajstić information content (AvgIpc) is 3.29. The summed E-state index contributed by atoms with van der Waals surface area (Å²) in [5.74, 6) is 2.15. The van der Waals surface area contributed by atoms with Gasteiger partial charge in [-0.3, -0.25) is 9.59 Å². The third-order valence-corrected chi connectivity index (χ3v) is 6.89. The fourth-order valence-corrected chi connectivity index (χ4v) is 5.00. The second-order valence-electron chi connectivity index (χ2n) is 8.93. The van der Waals surface area contributed by atoms with E-state index in [1.807, 2.05) is 0 Å². The lowest BCUT2D eigenvalue weighted by molar-refractivity contribution is -0.135. The topological polar surface area (TPSA) is 108 Å². The number of carbonyl (C=O) groups excluding carboxylic acids is 2. The van der Waals surface area contributed by atoms with E-state index in [2.05, 4.69) is 0 Å². The van der Waals surface area contributed by atoms with Crippen LogP contribution in [0.3, 0.4) is 0 Å². The number of carbonyl (C=O) groups is 2. The van der Waals surface area contributed by atoms with Gasteiger partial charge in [0.05, 0.1) is 54.6 Å². The molecule has 0 spiro atoms. The molecular formula is C30H28O10. The lowest BCUT2D eigenvalue weighted by Crippen LogP contribution is -2.21. The molecule has 0 aromatic heterocycles. The lowest BCUT2D eigenvalue weighted by Gasteiger charge is -2.27. The Morgan fingerprint density at radius 2 is 1.35 bits per heavy atom. The number of hydrogen-bond donors (Lipinski definition) is 0. The first-order valence-electron chi connectivity index (χ1n) is 12.3. The SMILES string of the molecule is COc1cc(OC)c(OC)cc1/C=C1\Oc2c(ccc3c2[C@H](c2cc(OC)c(OC)c(OC)c2)CC(=O)O3)C1=O. The Morgan fingerprint density at radius 1 is 0.725 bits per heavy atom. The zero-order valence-corrected chi connectivity index (χ0v) is 22.9. The molecule has 10 heteroatoms. The van der Waals surface area contributed by atoms with Crippen molar-refractivity contribution < 1.29 is 47.5 Å². The van der Waals surface area contributed by atoms with Crippen molar-refractivity contribution in [2.45, 2.75) is 12.3 Å². The van der Waals surface area contributed by atoms with E-state index < -0.39 is 11.9 Å². The first-order chi connectivity index (χ1) is 19.4. The van der Waals surface area contributed by atoms with Gasteiger partial charge in [-0.05, 0) is 42.0 Å². The number of rotatable bonds is 8. The van der Waals surface area contributed by atoms with Gasteiger partial charge < -0.3 is 37.9 Å². The molecule has 0 fully saturated rings. The fourth-order valence-electron chi connectivity index (χ4n) is 5.00. The number of benzene rings is 3. The zero-order valence-electron chi connectivity index (χ0n) is 22.9. The van der Waals surface area contributed by atoms with Crippen LogP contribution in [0, 0.1) is 0 Å². The van der Waals surface area contributed by atoms with Crippen molar-refractivity contribution in [1.29, 1.82) is 0 Å². The second-order valence-corrected chi connectivity index (χ2v) is 8.93. The summed E-state index contributed by atoms with van der Waals surface area (Å²) in [7, 11) is 9.11. The average molecular weight is 549 g/mol. The monoisotopic (exact) mass is 548 g/mol. The summed E-state index contributed by atoms with van der Waals surface area (Å²) < 4.78 is 44.6. The molecule has 2 heterocycles. The maximum atomic E-state index is 13.5. The van der Waals surface area contributed by atoms with Crippen molar-refractivity contribution >= 4 is 17.8 Å².